The standard InChI is InChI=1S/C20H29N3O5S/c1-2-28-20(25)22-15-13-21(14-16-22)19(24)17-7-9-18(10-8-17)29(26,27)23-11-5-3-4-6-12-23/h7-10H,2-6,11-16H2,1H3. The van der Waals surface area contributed by atoms with Gasteiger partial charge in [0.05, 0.1) is 11.5 Å². The first-order valence-electron chi connectivity index (χ1n) is 10.2. The molecule has 2 amide bonds. The van der Waals surface area contributed by atoms with E-state index in [-0.39, 0.29) is 16.9 Å². The number of hydrogen-bond donors (Lipinski definition) is 0. The Morgan fingerprint density at radius 1 is 0.862 bits per heavy atom. The predicted octanol–water partition coefficient (Wildman–Crippen LogP) is 2.17. The molecule has 0 radical (unpaired) electrons. The van der Waals surface area contributed by atoms with Gasteiger partial charge in [-0.3, -0.25) is 4.79 Å². The van der Waals surface area contributed by atoms with E-state index in [2.05, 4.69) is 0 Å². The van der Waals surface area contributed by atoms with Crippen molar-refractivity contribution in [3.05, 3.63) is 29.8 Å². The van der Waals surface area contributed by atoms with Gasteiger partial charge in [-0.2, -0.15) is 4.31 Å². The summed E-state index contributed by atoms with van der Waals surface area (Å²) in [5.74, 6) is -0.160. The zero-order chi connectivity index (χ0) is 20.9. The number of carbonyl (C=O) groups excluding carboxylic acids is 2. The Kier molecular flexibility index (Phi) is 7.13. The summed E-state index contributed by atoms with van der Waals surface area (Å²) in [5.41, 5.74) is 0.449. The predicted molar refractivity (Wildman–Crippen MR) is 108 cm³/mol. The van der Waals surface area contributed by atoms with Gasteiger partial charge in [-0.05, 0) is 44.0 Å². The summed E-state index contributed by atoms with van der Waals surface area (Å²) in [7, 11) is -3.52. The normalized spacial score (nSPS) is 18.9. The second kappa shape index (κ2) is 9.58. The van der Waals surface area contributed by atoms with Crippen LogP contribution >= 0.6 is 0 Å². The number of rotatable bonds is 4. The van der Waals surface area contributed by atoms with Crippen molar-refractivity contribution in [3.8, 4) is 0 Å². The van der Waals surface area contributed by atoms with E-state index in [4.69, 9.17) is 4.74 Å². The van der Waals surface area contributed by atoms with Crippen molar-refractivity contribution >= 4 is 22.0 Å². The molecule has 1 aromatic carbocycles. The number of sulfonamides is 1. The van der Waals surface area contributed by atoms with Crippen molar-refractivity contribution in [1.82, 2.24) is 14.1 Å². The molecule has 2 heterocycles. The minimum absolute atomic E-state index is 0.160. The Labute approximate surface area is 172 Å². The quantitative estimate of drug-likeness (QED) is 0.741. The van der Waals surface area contributed by atoms with Crippen LogP contribution in [0.5, 0.6) is 0 Å². The van der Waals surface area contributed by atoms with E-state index in [1.807, 2.05) is 0 Å². The monoisotopic (exact) mass is 423 g/mol. The van der Waals surface area contributed by atoms with Gasteiger partial charge in [0, 0.05) is 44.8 Å². The molecule has 29 heavy (non-hydrogen) atoms. The molecule has 2 aliphatic heterocycles. The van der Waals surface area contributed by atoms with Gasteiger partial charge >= 0.3 is 6.09 Å². The summed E-state index contributed by atoms with van der Waals surface area (Å²) in [6.45, 7) is 4.87. The molecule has 3 rings (SSSR count). The maximum absolute atomic E-state index is 12.9. The number of amides is 2. The van der Waals surface area contributed by atoms with Crippen molar-refractivity contribution in [2.45, 2.75) is 37.5 Å². The van der Waals surface area contributed by atoms with Crippen LogP contribution in [0.2, 0.25) is 0 Å². The van der Waals surface area contributed by atoms with Crippen LogP contribution in [0.4, 0.5) is 4.79 Å². The smallest absolute Gasteiger partial charge is 0.409 e. The van der Waals surface area contributed by atoms with Crippen LogP contribution in [-0.2, 0) is 14.8 Å². The van der Waals surface area contributed by atoms with Crippen LogP contribution in [0.15, 0.2) is 29.2 Å². The first kappa shape index (κ1) is 21.6. The molecule has 8 nitrogen and oxygen atoms in total. The highest BCUT2D eigenvalue weighted by Crippen LogP contribution is 2.21. The highest BCUT2D eigenvalue weighted by Gasteiger charge is 2.27. The summed E-state index contributed by atoms with van der Waals surface area (Å²) in [6.07, 6.45) is 3.52. The molecular formula is C20H29N3O5S. The van der Waals surface area contributed by atoms with Crippen molar-refractivity contribution in [1.29, 1.82) is 0 Å². The highest BCUT2D eigenvalue weighted by atomic mass is 32.2. The molecule has 2 aliphatic rings. The molecule has 2 saturated heterocycles. The molecule has 9 heteroatoms. The van der Waals surface area contributed by atoms with Gasteiger partial charge in [0.25, 0.3) is 5.91 Å². The lowest BCUT2D eigenvalue weighted by molar-refractivity contribution is 0.0570. The van der Waals surface area contributed by atoms with Gasteiger partial charge in [-0.1, -0.05) is 12.8 Å². The number of ether oxygens (including phenoxy) is 1. The van der Waals surface area contributed by atoms with Gasteiger partial charge in [0.1, 0.15) is 0 Å². The second-order valence-corrected chi connectivity index (χ2v) is 9.26. The third kappa shape index (κ3) is 5.08. The van der Waals surface area contributed by atoms with E-state index in [1.165, 1.54) is 12.1 Å². The second-order valence-electron chi connectivity index (χ2n) is 7.32. The number of nitrogens with zero attached hydrogens (tertiary/aromatic N) is 3. The van der Waals surface area contributed by atoms with E-state index < -0.39 is 10.0 Å². The molecule has 0 aliphatic carbocycles. The molecule has 160 valence electrons. The molecule has 0 saturated carbocycles. The number of hydrogen-bond acceptors (Lipinski definition) is 5. The van der Waals surface area contributed by atoms with Crippen LogP contribution in [0, 0.1) is 0 Å². The van der Waals surface area contributed by atoms with Crippen molar-refractivity contribution in [2.24, 2.45) is 0 Å². The average molecular weight is 424 g/mol. The fraction of sp³-hybridized carbons (Fsp3) is 0.600. The fourth-order valence-electron chi connectivity index (χ4n) is 3.69. The zero-order valence-corrected chi connectivity index (χ0v) is 17.7. The lowest BCUT2D eigenvalue weighted by atomic mass is 10.2. The first-order chi connectivity index (χ1) is 13.9. The van der Waals surface area contributed by atoms with Gasteiger partial charge in [-0.15, -0.1) is 0 Å². The van der Waals surface area contributed by atoms with E-state index in [9.17, 15) is 18.0 Å². The summed E-state index contributed by atoms with van der Waals surface area (Å²) in [6, 6.07) is 6.18. The Hall–Kier alpha value is -2.13. The molecule has 0 spiro atoms. The summed E-state index contributed by atoms with van der Waals surface area (Å²) < 4.78 is 32.2. The van der Waals surface area contributed by atoms with E-state index in [0.717, 1.165) is 25.7 Å². The molecule has 2 fully saturated rings. The van der Waals surface area contributed by atoms with Crippen LogP contribution in [-0.4, -0.2) is 80.4 Å². The topological polar surface area (TPSA) is 87.2 Å². The number of carbonyl (C=O) groups is 2. The molecule has 0 N–H and O–H groups in total. The van der Waals surface area contributed by atoms with E-state index in [1.54, 1.807) is 33.2 Å². The first-order valence-corrected chi connectivity index (χ1v) is 11.7. The maximum atomic E-state index is 12.9. The summed E-state index contributed by atoms with van der Waals surface area (Å²) in [5, 5.41) is 0. The highest BCUT2D eigenvalue weighted by molar-refractivity contribution is 7.89. The lowest BCUT2D eigenvalue weighted by Gasteiger charge is -2.34. The SMILES string of the molecule is CCOC(=O)N1CCN(C(=O)c2ccc(S(=O)(=O)N3CCCCCC3)cc2)CC1. The Morgan fingerprint density at radius 3 is 1.97 bits per heavy atom. The molecule has 0 aromatic heterocycles. The van der Waals surface area contributed by atoms with E-state index in [0.29, 0.717) is 51.4 Å². The third-order valence-electron chi connectivity index (χ3n) is 5.40. The van der Waals surface area contributed by atoms with Crippen molar-refractivity contribution in [2.75, 3.05) is 45.9 Å². The number of benzene rings is 1. The van der Waals surface area contributed by atoms with E-state index >= 15 is 0 Å². The molecule has 1 aromatic rings. The Balaban J connectivity index is 1.62. The largest absolute Gasteiger partial charge is 0.450 e. The van der Waals surface area contributed by atoms with Crippen LogP contribution < -0.4 is 0 Å². The minimum Gasteiger partial charge on any atom is -0.450 e. The number of piperazine rings is 1. The van der Waals surface area contributed by atoms with Gasteiger partial charge in [-0.25, -0.2) is 13.2 Å². The zero-order valence-electron chi connectivity index (χ0n) is 16.9. The lowest BCUT2D eigenvalue weighted by Crippen LogP contribution is -2.50. The molecule has 0 bridgehead atoms. The fourth-order valence-corrected chi connectivity index (χ4v) is 5.21. The van der Waals surface area contributed by atoms with Crippen LogP contribution in [0.3, 0.4) is 0 Å². The summed E-state index contributed by atoms with van der Waals surface area (Å²) in [4.78, 5) is 28.0. The molecular weight excluding hydrogens is 394 g/mol. The van der Waals surface area contributed by atoms with Gasteiger partial charge in [0.15, 0.2) is 0 Å². The molecule has 0 unspecified atom stereocenters. The molecule has 0 atom stereocenters. The van der Waals surface area contributed by atoms with Gasteiger partial charge < -0.3 is 14.5 Å². The third-order valence-corrected chi connectivity index (χ3v) is 7.31. The van der Waals surface area contributed by atoms with Crippen LogP contribution in [0.1, 0.15) is 43.0 Å². The van der Waals surface area contributed by atoms with Crippen molar-refractivity contribution in [3.63, 3.8) is 0 Å². The summed E-state index contributed by atoms with van der Waals surface area (Å²) >= 11 is 0. The van der Waals surface area contributed by atoms with Crippen molar-refractivity contribution < 1.29 is 22.7 Å². The Bertz CT molecular complexity index is 809. The average Bonchev–Trinajstić information content (AvgIpc) is 3.04. The maximum Gasteiger partial charge on any atom is 0.409 e. The Morgan fingerprint density at radius 2 is 1.41 bits per heavy atom. The van der Waals surface area contributed by atoms with Gasteiger partial charge in [0.2, 0.25) is 10.0 Å². The minimum atomic E-state index is -3.52. The van der Waals surface area contributed by atoms with Crippen LogP contribution in [0.25, 0.3) is 0 Å².